The molecular weight excluding hydrogens is 241 g/mol. The van der Waals surface area contributed by atoms with E-state index in [1.165, 1.54) is 12.1 Å². The van der Waals surface area contributed by atoms with Gasteiger partial charge in [-0.2, -0.15) is 0 Å². The Hall–Kier alpha value is -2.16. The molecule has 2 aromatic carbocycles. The molecule has 0 fully saturated rings. The SMILES string of the molecule is CCN(c1cc(F)cc(C=O)c1)c1ccccc1C. The zero-order chi connectivity index (χ0) is 13.8. The number of hydrogen-bond acceptors (Lipinski definition) is 2. The van der Waals surface area contributed by atoms with E-state index in [1.54, 1.807) is 6.07 Å². The van der Waals surface area contributed by atoms with Crippen LogP contribution in [0.15, 0.2) is 42.5 Å². The van der Waals surface area contributed by atoms with Crippen LogP contribution in [0.4, 0.5) is 15.8 Å². The number of benzene rings is 2. The van der Waals surface area contributed by atoms with Crippen LogP contribution >= 0.6 is 0 Å². The molecule has 0 saturated carbocycles. The van der Waals surface area contributed by atoms with Crippen molar-refractivity contribution in [1.29, 1.82) is 0 Å². The highest BCUT2D eigenvalue weighted by Crippen LogP contribution is 2.29. The van der Waals surface area contributed by atoms with Crippen molar-refractivity contribution in [2.24, 2.45) is 0 Å². The Morgan fingerprint density at radius 1 is 1.21 bits per heavy atom. The summed E-state index contributed by atoms with van der Waals surface area (Å²) < 4.78 is 13.5. The third kappa shape index (κ3) is 2.81. The summed E-state index contributed by atoms with van der Waals surface area (Å²) in [6, 6.07) is 12.3. The van der Waals surface area contributed by atoms with Gasteiger partial charge < -0.3 is 4.90 Å². The van der Waals surface area contributed by atoms with Crippen molar-refractivity contribution in [3.63, 3.8) is 0 Å². The summed E-state index contributed by atoms with van der Waals surface area (Å²) in [5, 5.41) is 0. The minimum Gasteiger partial charge on any atom is -0.341 e. The largest absolute Gasteiger partial charge is 0.341 e. The summed E-state index contributed by atoms with van der Waals surface area (Å²) in [5.41, 5.74) is 3.18. The van der Waals surface area contributed by atoms with Crippen molar-refractivity contribution in [1.82, 2.24) is 0 Å². The van der Waals surface area contributed by atoms with Crippen molar-refractivity contribution in [3.8, 4) is 0 Å². The van der Waals surface area contributed by atoms with Crippen molar-refractivity contribution in [2.75, 3.05) is 11.4 Å². The summed E-state index contributed by atoms with van der Waals surface area (Å²) in [5.74, 6) is -0.397. The second kappa shape index (κ2) is 5.65. The van der Waals surface area contributed by atoms with Gasteiger partial charge in [0.05, 0.1) is 0 Å². The van der Waals surface area contributed by atoms with E-state index < -0.39 is 5.82 Å². The standard InChI is InChI=1S/C16H16FNO/c1-3-18(16-7-5-4-6-12(16)2)15-9-13(11-19)8-14(17)10-15/h4-11H,3H2,1-2H3. The van der Waals surface area contributed by atoms with Gasteiger partial charge >= 0.3 is 0 Å². The lowest BCUT2D eigenvalue weighted by molar-refractivity contribution is 0.112. The third-order valence-electron chi connectivity index (χ3n) is 3.08. The minimum absolute atomic E-state index is 0.349. The average molecular weight is 257 g/mol. The molecule has 98 valence electrons. The number of carbonyl (C=O) groups is 1. The number of para-hydroxylation sites is 1. The first-order chi connectivity index (χ1) is 9.15. The Labute approximate surface area is 112 Å². The van der Waals surface area contributed by atoms with Crippen molar-refractivity contribution >= 4 is 17.7 Å². The van der Waals surface area contributed by atoms with Gasteiger partial charge in [-0.05, 0) is 43.7 Å². The van der Waals surface area contributed by atoms with E-state index in [9.17, 15) is 9.18 Å². The van der Waals surface area contributed by atoms with Gasteiger partial charge in [-0.1, -0.05) is 18.2 Å². The smallest absolute Gasteiger partial charge is 0.150 e. The molecule has 0 aliphatic rings. The Kier molecular flexibility index (Phi) is 3.95. The van der Waals surface area contributed by atoms with Crippen LogP contribution in [0.2, 0.25) is 0 Å². The maximum Gasteiger partial charge on any atom is 0.150 e. The molecule has 0 unspecified atom stereocenters. The molecule has 2 rings (SSSR count). The van der Waals surface area contributed by atoms with E-state index >= 15 is 0 Å². The number of nitrogens with zero attached hydrogens (tertiary/aromatic N) is 1. The topological polar surface area (TPSA) is 20.3 Å². The minimum atomic E-state index is -0.397. The summed E-state index contributed by atoms with van der Waals surface area (Å²) in [4.78, 5) is 12.8. The van der Waals surface area contributed by atoms with Gasteiger partial charge in [0.2, 0.25) is 0 Å². The fourth-order valence-electron chi connectivity index (χ4n) is 2.18. The molecule has 0 aromatic heterocycles. The predicted molar refractivity (Wildman–Crippen MR) is 75.6 cm³/mol. The molecule has 2 aromatic rings. The van der Waals surface area contributed by atoms with Gasteiger partial charge in [0.15, 0.2) is 0 Å². The van der Waals surface area contributed by atoms with Gasteiger partial charge in [-0.3, -0.25) is 4.79 Å². The molecule has 0 N–H and O–H groups in total. The highest BCUT2D eigenvalue weighted by Gasteiger charge is 2.11. The second-order valence-corrected chi connectivity index (χ2v) is 4.39. The van der Waals surface area contributed by atoms with Gasteiger partial charge in [0.25, 0.3) is 0 Å². The number of halogens is 1. The molecule has 3 heteroatoms. The lowest BCUT2D eigenvalue weighted by Crippen LogP contribution is -2.17. The first-order valence-electron chi connectivity index (χ1n) is 6.24. The van der Waals surface area contributed by atoms with Crippen LogP contribution in [0.1, 0.15) is 22.8 Å². The molecule has 0 atom stereocenters. The molecule has 0 radical (unpaired) electrons. The van der Waals surface area contributed by atoms with E-state index in [1.807, 2.05) is 43.0 Å². The van der Waals surface area contributed by atoms with E-state index in [2.05, 4.69) is 0 Å². The second-order valence-electron chi connectivity index (χ2n) is 4.39. The fourth-order valence-corrected chi connectivity index (χ4v) is 2.18. The summed E-state index contributed by atoms with van der Waals surface area (Å²) in [6.07, 6.45) is 0.665. The number of carbonyl (C=O) groups excluding carboxylic acids is 1. The van der Waals surface area contributed by atoms with Gasteiger partial charge in [-0.15, -0.1) is 0 Å². The van der Waals surface area contributed by atoms with Crippen molar-refractivity contribution < 1.29 is 9.18 Å². The van der Waals surface area contributed by atoms with Crippen LogP contribution in [-0.2, 0) is 0 Å². The molecule has 0 bridgehead atoms. The number of anilines is 2. The Bertz CT molecular complexity index is 595. The van der Waals surface area contributed by atoms with E-state index in [0.717, 1.165) is 11.3 Å². The van der Waals surface area contributed by atoms with Gasteiger partial charge in [0, 0.05) is 23.5 Å². The van der Waals surface area contributed by atoms with Crippen LogP contribution in [0.25, 0.3) is 0 Å². The fraction of sp³-hybridized carbons (Fsp3) is 0.188. The van der Waals surface area contributed by atoms with Crippen LogP contribution in [0, 0.1) is 12.7 Å². The maximum absolute atomic E-state index is 13.5. The molecule has 0 heterocycles. The highest BCUT2D eigenvalue weighted by molar-refractivity contribution is 5.78. The van der Waals surface area contributed by atoms with E-state index in [0.29, 0.717) is 24.1 Å². The summed E-state index contributed by atoms with van der Waals surface area (Å²) >= 11 is 0. The number of rotatable bonds is 4. The van der Waals surface area contributed by atoms with Crippen LogP contribution in [0.3, 0.4) is 0 Å². The first-order valence-corrected chi connectivity index (χ1v) is 6.24. The van der Waals surface area contributed by atoms with Crippen LogP contribution in [-0.4, -0.2) is 12.8 Å². The maximum atomic E-state index is 13.5. The molecule has 0 spiro atoms. The first kappa shape index (κ1) is 13.3. The highest BCUT2D eigenvalue weighted by atomic mass is 19.1. The zero-order valence-corrected chi connectivity index (χ0v) is 11.1. The Balaban J connectivity index is 2.51. The molecule has 0 amide bonds. The number of aryl methyl sites for hydroxylation is 1. The van der Waals surface area contributed by atoms with Crippen LogP contribution in [0.5, 0.6) is 0 Å². The molecular formula is C16H16FNO. The Morgan fingerprint density at radius 2 is 1.95 bits per heavy atom. The Morgan fingerprint density at radius 3 is 2.58 bits per heavy atom. The predicted octanol–water partition coefficient (Wildman–Crippen LogP) is 4.10. The molecule has 2 nitrogen and oxygen atoms in total. The lowest BCUT2D eigenvalue weighted by Gasteiger charge is -2.25. The molecule has 0 saturated heterocycles. The van der Waals surface area contributed by atoms with Crippen LogP contribution < -0.4 is 4.90 Å². The number of hydrogen-bond donors (Lipinski definition) is 0. The zero-order valence-electron chi connectivity index (χ0n) is 11.1. The quantitative estimate of drug-likeness (QED) is 0.768. The number of aldehydes is 1. The van der Waals surface area contributed by atoms with Gasteiger partial charge in [0.1, 0.15) is 12.1 Å². The average Bonchev–Trinajstić information content (AvgIpc) is 2.41. The summed E-state index contributed by atoms with van der Waals surface area (Å²) in [7, 11) is 0. The monoisotopic (exact) mass is 257 g/mol. The van der Waals surface area contributed by atoms with Gasteiger partial charge in [-0.25, -0.2) is 4.39 Å². The molecule has 19 heavy (non-hydrogen) atoms. The van der Waals surface area contributed by atoms with Crippen molar-refractivity contribution in [3.05, 3.63) is 59.4 Å². The molecule has 0 aliphatic heterocycles. The summed E-state index contributed by atoms with van der Waals surface area (Å²) in [6.45, 7) is 4.71. The normalized spacial score (nSPS) is 10.3. The van der Waals surface area contributed by atoms with E-state index in [-0.39, 0.29) is 0 Å². The third-order valence-corrected chi connectivity index (χ3v) is 3.08. The van der Waals surface area contributed by atoms with Crippen molar-refractivity contribution in [2.45, 2.75) is 13.8 Å². The molecule has 0 aliphatic carbocycles. The van der Waals surface area contributed by atoms with E-state index in [4.69, 9.17) is 0 Å². The lowest BCUT2D eigenvalue weighted by atomic mass is 10.1.